The van der Waals surface area contributed by atoms with E-state index in [0.717, 1.165) is 26.2 Å². The van der Waals surface area contributed by atoms with Crippen molar-refractivity contribution in [3.8, 4) is 0 Å². The Hall–Kier alpha value is -0.860. The standard InChI is InChI=1S/C32H60N2/c1-5-9-11-13-15-17-19-21-27-33(7-3)29-31-23-25-32(26-24-31)30-34(8-4)28-22-20-18-16-14-12-10-6-2/h23-26H,5-22,27-30H2,1-4H3. The van der Waals surface area contributed by atoms with Crippen molar-refractivity contribution in [3.63, 3.8) is 0 Å². The summed E-state index contributed by atoms with van der Waals surface area (Å²) in [5, 5.41) is 0. The Morgan fingerprint density at radius 2 is 0.706 bits per heavy atom. The van der Waals surface area contributed by atoms with Crippen LogP contribution in [0.3, 0.4) is 0 Å². The summed E-state index contributed by atoms with van der Waals surface area (Å²) in [4.78, 5) is 5.24. The molecule has 0 saturated carbocycles. The third-order valence-corrected chi connectivity index (χ3v) is 7.39. The van der Waals surface area contributed by atoms with Crippen molar-refractivity contribution in [2.75, 3.05) is 26.2 Å². The minimum atomic E-state index is 1.10. The normalized spacial score (nSPS) is 11.7. The molecule has 1 aromatic rings. The maximum absolute atomic E-state index is 2.62. The van der Waals surface area contributed by atoms with Gasteiger partial charge in [0.05, 0.1) is 0 Å². The van der Waals surface area contributed by atoms with Gasteiger partial charge in [-0.15, -0.1) is 0 Å². The Balaban J connectivity index is 2.22. The molecule has 0 fully saturated rings. The SMILES string of the molecule is CCCCCCCCCCN(CC)Cc1ccc(CN(CC)CCCCCCCCCC)cc1. The third-order valence-electron chi connectivity index (χ3n) is 7.39. The Bertz CT molecular complexity index is 489. The minimum Gasteiger partial charge on any atom is -0.299 e. The predicted molar refractivity (Wildman–Crippen MR) is 154 cm³/mol. The van der Waals surface area contributed by atoms with Gasteiger partial charge in [-0.1, -0.05) is 142 Å². The largest absolute Gasteiger partial charge is 0.299 e. The zero-order chi connectivity index (χ0) is 24.7. The molecule has 0 radical (unpaired) electrons. The van der Waals surface area contributed by atoms with E-state index in [1.807, 2.05) is 0 Å². The molecule has 0 aliphatic carbocycles. The van der Waals surface area contributed by atoms with Crippen LogP contribution in [0.15, 0.2) is 24.3 Å². The van der Waals surface area contributed by atoms with Gasteiger partial charge in [0.25, 0.3) is 0 Å². The number of benzene rings is 1. The van der Waals surface area contributed by atoms with Gasteiger partial charge >= 0.3 is 0 Å². The summed E-state index contributed by atoms with van der Waals surface area (Å²) in [7, 11) is 0. The van der Waals surface area contributed by atoms with E-state index in [2.05, 4.69) is 61.8 Å². The highest BCUT2D eigenvalue weighted by Gasteiger charge is 2.06. The highest BCUT2D eigenvalue weighted by atomic mass is 15.1. The zero-order valence-corrected chi connectivity index (χ0v) is 23.8. The highest BCUT2D eigenvalue weighted by molar-refractivity contribution is 5.22. The van der Waals surface area contributed by atoms with Crippen LogP contribution in [0.25, 0.3) is 0 Å². The predicted octanol–water partition coefficient (Wildman–Crippen LogP) is 9.61. The summed E-state index contributed by atoms with van der Waals surface area (Å²) in [5.74, 6) is 0. The average molecular weight is 473 g/mol. The van der Waals surface area contributed by atoms with Gasteiger partial charge < -0.3 is 0 Å². The van der Waals surface area contributed by atoms with E-state index in [-0.39, 0.29) is 0 Å². The number of hydrogen-bond acceptors (Lipinski definition) is 2. The Labute approximate surface area is 214 Å². The first-order valence-corrected chi connectivity index (χ1v) is 15.3. The summed E-state index contributed by atoms with van der Waals surface area (Å²) in [6.45, 7) is 16.2. The molecule has 2 heteroatoms. The molecule has 0 amide bonds. The Morgan fingerprint density at radius 1 is 0.412 bits per heavy atom. The summed E-state index contributed by atoms with van der Waals surface area (Å²) in [6.07, 6.45) is 22.5. The lowest BCUT2D eigenvalue weighted by Gasteiger charge is -2.22. The molecule has 0 aliphatic heterocycles. The first-order chi connectivity index (χ1) is 16.7. The molecule has 0 atom stereocenters. The molecule has 1 rings (SSSR count). The molecule has 0 saturated heterocycles. The van der Waals surface area contributed by atoms with Crippen molar-refractivity contribution >= 4 is 0 Å². The lowest BCUT2D eigenvalue weighted by atomic mass is 10.1. The fourth-order valence-electron chi connectivity index (χ4n) is 4.90. The lowest BCUT2D eigenvalue weighted by Crippen LogP contribution is -2.25. The van der Waals surface area contributed by atoms with Crippen LogP contribution in [0, 0.1) is 0 Å². The van der Waals surface area contributed by atoms with Crippen LogP contribution in [0.5, 0.6) is 0 Å². The molecule has 0 aromatic heterocycles. The Kier molecular flexibility index (Phi) is 20.7. The molecule has 198 valence electrons. The molecular formula is C32H60N2. The average Bonchev–Trinajstić information content (AvgIpc) is 2.86. The van der Waals surface area contributed by atoms with Gasteiger partial charge in [-0.2, -0.15) is 0 Å². The van der Waals surface area contributed by atoms with E-state index in [1.54, 1.807) is 0 Å². The molecular weight excluding hydrogens is 412 g/mol. The quantitative estimate of drug-likeness (QED) is 0.138. The smallest absolute Gasteiger partial charge is 0.0233 e. The fourth-order valence-corrected chi connectivity index (χ4v) is 4.90. The van der Waals surface area contributed by atoms with Gasteiger partial charge in [-0.3, -0.25) is 9.80 Å². The maximum Gasteiger partial charge on any atom is 0.0233 e. The molecule has 0 spiro atoms. The second-order valence-corrected chi connectivity index (χ2v) is 10.5. The summed E-state index contributed by atoms with van der Waals surface area (Å²) in [5.41, 5.74) is 2.94. The van der Waals surface area contributed by atoms with Crippen molar-refractivity contribution < 1.29 is 0 Å². The second-order valence-electron chi connectivity index (χ2n) is 10.5. The molecule has 34 heavy (non-hydrogen) atoms. The topological polar surface area (TPSA) is 6.48 Å². The van der Waals surface area contributed by atoms with Gasteiger partial charge in [0, 0.05) is 13.1 Å². The Morgan fingerprint density at radius 3 is 1.00 bits per heavy atom. The lowest BCUT2D eigenvalue weighted by molar-refractivity contribution is 0.270. The first-order valence-electron chi connectivity index (χ1n) is 15.3. The van der Waals surface area contributed by atoms with Gasteiger partial charge in [0.1, 0.15) is 0 Å². The molecule has 2 nitrogen and oxygen atoms in total. The fraction of sp³-hybridized carbons (Fsp3) is 0.812. The van der Waals surface area contributed by atoms with E-state index >= 15 is 0 Å². The van der Waals surface area contributed by atoms with Gasteiger partial charge in [-0.05, 0) is 50.1 Å². The number of nitrogens with zero attached hydrogens (tertiary/aromatic N) is 2. The number of unbranched alkanes of at least 4 members (excludes halogenated alkanes) is 14. The molecule has 0 bridgehead atoms. The van der Waals surface area contributed by atoms with E-state index in [9.17, 15) is 0 Å². The van der Waals surface area contributed by atoms with Crippen molar-refractivity contribution in [2.24, 2.45) is 0 Å². The van der Waals surface area contributed by atoms with Crippen LogP contribution < -0.4 is 0 Å². The monoisotopic (exact) mass is 472 g/mol. The van der Waals surface area contributed by atoms with Crippen molar-refractivity contribution in [2.45, 2.75) is 144 Å². The maximum atomic E-state index is 2.62. The summed E-state index contributed by atoms with van der Waals surface area (Å²) >= 11 is 0. The van der Waals surface area contributed by atoms with Crippen molar-refractivity contribution in [3.05, 3.63) is 35.4 Å². The highest BCUT2D eigenvalue weighted by Crippen LogP contribution is 2.14. The van der Waals surface area contributed by atoms with E-state index in [1.165, 1.54) is 127 Å². The van der Waals surface area contributed by atoms with Crippen LogP contribution in [0.1, 0.15) is 142 Å². The van der Waals surface area contributed by atoms with Crippen LogP contribution in [0.2, 0.25) is 0 Å². The van der Waals surface area contributed by atoms with Crippen molar-refractivity contribution in [1.82, 2.24) is 9.80 Å². The van der Waals surface area contributed by atoms with Gasteiger partial charge in [-0.25, -0.2) is 0 Å². The first kappa shape index (κ1) is 31.2. The molecule has 1 aromatic carbocycles. The van der Waals surface area contributed by atoms with E-state index in [4.69, 9.17) is 0 Å². The molecule has 0 N–H and O–H groups in total. The van der Waals surface area contributed by atoms with E-state index < -0.39 is 0 Å². The van der Waals surface area contributed by atoms with Crippen LogP contribution in [-0.2, 0) is 13.1 Å². The molecule has 0 unspecified atom stereocenters. The number of rotatable bonds is 24. The third kappa shape index (κ3) is 16.7. The van der Waals surface area contributed by atoms with E-state index in [0.29, 0.717) is 0 Å². The zero-order valence-electron chi connectivity index (χ0n) is 23.8. The van der Waals surface area contributed by atoms with Gasteiger partial charge in [0.15, 0.2) is 0 Å². The minimum absolute atomic E-state index is 1.10. The summed E-state index contributed by atoms with van der Waals surface area (Å²) in [6, 6.07) is 9.48. The molecule has 0 aliphatic rings. The number of hydrogen-bond donors (Lipinski definition) is 0. The van der Waals surface area contributed by atoms with Crippen LogP contribution in [0.4, 0.5) is 0 Å². The van der Waals surface area contributed by atoms with Crippen LogP contribution in [-0.4, -0.2) is 36.0 Å². The van der Waals surface area contributed by atoms with Gasteiger partial charge in [0.2, 0.25) is 0 Å². The molecule has 0 heterocycles. The van der Waals surface area contributed by atoms with Crippen LogP contribution >= 0.6 is 0 Å². The van der Waals surface area contributed by atoms with Crippen molar-refractivity contribution in [1.29, 1.82) is 0 Å². The summed E-state index contributed by atoms with van der Waals surface area (Å²) < 4.78 is 0. The second kappa shape index (κ2) is 22.6.